The van der Waals surface area contributed by atoms with E-state index in [4.69, 9.17) is 0 Å². The molecule has 0 saturated heterocycles. The van der Waals surface area contributed by atoms with Gasteiger partial charge in [-0.25, -0.2) is 8.78 Å². The van der Waals surface area contributed by atoms with Gasteiger partial charge in [0, 0.05) is 5.56 Å². The number of halogens is 2. The van der Waals surface area contributed by atoms with E-state index in [2.05, 4.69) is 38.1 Å². The van der Waals surface area contributed by atoms with Crippen LogP contribution in [0, 0.1) is 11.6 Å². The van der Waals surface area contributed by atoms with E-state index in [0.29, 0.717) is 29.5 Å². The standard InChI is InChI=1S/C25H26F2/c1-3-5-19-10-13-21(14-11-19)23-17-16-22(24(26)25(23)27)15-12-20-8-6-18(4-2)7-9-20/h6-11,13-14,16-17H,3-5,12,15H2,1-2H3. The second-order valence-electron chi connectivity index (χ2n) is 7.02. The fraction of sp³-hybridized carbons (Fsp3) is 0.280. The Balaban J connectivity index is 1.75. The molecule has 0 nitrogen and oxygen atoms in total. The molecule has 0 aromatic heterocycles. The Bertz CT molecular complexity index is 877. The highest BCUT2D eigenvalue weighted by Crippen LogP contribution is 2.27. The number of rotatable bonds is 7. The van der Waals surface area contributed by atoms with E-state index in [1.54, 1.807) is 12.1 Å². The van der Waals surface area contributed by atoms with Gasteiger partial charge >= 0.3 is 0 Å². The molecule has 0 spiro atoms. The maximum atomic E-state index is 14.6. The van der Waals surface area contributed by atoms with E-state index in [9.17, 15) is 8.78 Å². The van der Waals surface area contributed by atoms with Crippen LogP contribution < -0.4 is 0 Å². The number of aryl methyl sites for hydroxylation is 4. The largest absolute Gasteiger partial charge is 0.203 e. The Morgan fingerprint density at radius 3 is 1.81 bits per heavy atom. The Hall–Kier alpha value is -2.48. The molecular weight excluding hydrogens is 338 g/mol. The third-order valence-electron chi connectivity index (χ3n) is 5.08. The van der Waals surface area contributed by atoms with Crippen LogP contribution in [0.25, 0.3) is 11.1 Å². The predicted molar refractivity (Wildman–Crippen MR) is 109 cm³/mol. The highest BCUT2D eigenvalue weighted by Gasteiger charge is 2.14. The van der Waals surface area contributed by atoms with Gasteiger partial charge in [-0.05, 0) is 53.5 Å². The lowest BCUT2D eigenvalue weighted by molar-refractivity contribution is 0.501. The summed E-state index contributed by atoms with van der Waals surface area (Å²) in [6.45, 7) is 4.24. The van der Waals surface area contributed by atoms with Gasteiger partial charge in [0.15, 0.2) is 11.6 Å². The Kier molecular flexibility index (Phi) is 6.39. The van der Waals surface area contributed by atoms with E-state index in [1.165, 1.54) is 11.1 Å². The zero-order valence-corrected chi connectivity index (χ0v) is 16.1. The summed E-state index contributed by atoms with van der Waals surface area (Å²) in [5.41, 5.74) is 5.11. The Labute approximate surface area is 160 Å². The van der Waals surface area contributed by atoms with E-state index >= 15 is 0 Å². The number of benzene rings is 3. The molecule has 0 fully saturated rings. The Morgan fingerprint density at radius 2 is 1.19 bits per heavy atom. The summed E-state index contributed by atoms with van der Waals surface area (Å²) in [6, 6.07) is 19.5. The molecule has 27 heavy (non-hydrogen) atoms. The van der Waals surface area contributed by atoms with Gasteiger partial charge in [0.2, 0.25) is 0 Å². The molecule has 0 unspecified atom stereocenters. The van der Waals surface area contributed by atoms with Crippen molar-refractivity contribution in [3.8, 4) is 11.1 Å². The quantitative estimate of drug-likeness (QED) is 0.426. The van der Waals surface area contributed by atoms with E-state index in [-0.39, 0.29) is 0 Å². The monoisotopic (exact) mass is 364 g/mol. The van der Waals surface area contributed by atoms with Gasteiger partial charge in [-0.3, -0.25) is 0 Å². The summed E-state index contributed by atoms with van der Waals surface area (Å²) in [6.07, 6.45) is 4.25. The van der Waals surface area contributed by atoms with Gasteiger partial charge < -0.3 is 0 Å². The Morgan fingerprint density at radius 1 is 0.593 bits per heavy atom. The minimum absolute atomic E-state index is 0.326. The first-order valence-electron chi connectivity index (χ1n) is 9.76. The number of hydrogen-bond donors (Lipinski definition) is 0. The van der Waals surface area contributed by atoms with Crippen LogP contribution in [0.1, 0.15) is 42.5 Å². The van der Waals surface area contributed by atoms with Gasteiger partial charge in [0.05, 0.1) is 0 Å². The van der Waals surface area contributed by atoms with Gasteiger partial charge in [-0.1, -0.05) is 80.9 Å². The van der Waals surface area contributed by atoms with Crippen LogP contribution in [0.2, 0.25) is 0 Å². The third-order valence-corrected chi connectivity index (χ3v) is 5.08. The molecule has 140 valence electrons. The van der Waals surface area contributed by atoms with Crippen LogP contribution in [0.5, 0.6) is 0 Å². The molecule has 0 heterocycles. The zero-order chi connectivity index (χ0) is 19.2. The molecule has 0 bridgehead atoms. The third kappa shape index (κ3) is 4.63. The van der Waals surface area contributed by atoms with Gasteiger partial charge in [-0.2, -0.15) is 0 Å². The maximum absolute atomic E-state index is 14.6. The van der Waals surface area contributed by atoms with Gasteiger partial charge in [0.25, 0.3) is 0 Å². The van der Waals surface area contributed by atoms with E-state index in [1.807, 2.05) is 24.3 Å². The lowest BCUT2D eigenvalue weighted by Crippen LogP contribution is -2.00. The molecule has 0 aliphatic rings. The average molecular weight is 364 g/mol. The maximum Gasteiger partial charge on any atom is 0.166 e. The molecule has 0 atom stereocenters. The summed E-state index contributed by atoms with van der Waals surface area (Å²) < 4.78 is 29.2. The summed E-state index contributed by atoms with van der Waals surface area (Å²) in [7, 11) is 0. The summed E-state index contributed by atoms with van der Waals surface area (Å²) >= 11 is 0. The lowest BCUT2D eigenvalue weighted by Gasteiger charge is -2.10. The van der Waals surface area contributed by atoms with Crippen molar-refractivity contribution in [1.82, 2.24) is 0 Å². The average Bonchev–Trinajstić information content (AvgIpc) is 2.70. The highest BCUT2D eigenvalue weighted by molar-refractivity contribution is 5.65. The predicted octanol–water partition coefficient (Wildman–Crippen LogP) is 6.93. The minimum atomic E-state index is -0.753. The van der Waals surface area contributed by atoms with Crippen molar-refractivity contribution in [3.05, 3.63) is 94.6 Å². The van der Waals surface area contributed by atoms with Crippen molar-refractivity contribution in [1.29, 1.82) is 0 Å². The summed E-state index contributed by atoms with van der Waals surface area (Å²) in [5, 5.41) is 0. The van der Waals surface area contributed by atoms with Crippen LogP contribution in [-0.2, 0) is 25.7 Å². The zero-order valence-electron chi connectivity index (χ0n) is 16.1. The van der Waals surface area contributed by atoms with Gasteiger partial charge in [0.1, 0.15) is 0 Å². The van der Waals surface area contributed by atoms with Crippen LogP contribution in [0.15, 0.2) is 60.7 Å². The van der Waals surface area contributed by atoms with Crippen LogP contribution in [-0.4, -0.2) is 0 Å². The van der Waals surface area contributed by atoms with E-state index < -0.39 is 11.6 Å². The number of hydrogen-bond acceptors (Lipinski definition) is 0. The normalized spacial score (nSPS) is 11.0. The van der Waals surface area contributed by atoms with Crippen molar-refractivity contribution in [2.45, 2.75) is 46.0 Å². The first kappa shape index (κ1) is 19.3. The van der Waals surface area contributed by atoms with Crippen LogP contribution in [0.3, 0.4) is 0 Å². The molecule has 3 rings (SSSR count). The molecule has 0 aliphatic heterocycles. The van der Waals surface area contributed by atoms with Crippen molar-refractivity contribution >= 4 is 0 Å². The summed E-state index contributed by atoms with van der Waals surface area (Å²) in [5.74, 6) is -1.48. The molecule has 0 aliphatic carbocycles. The molecule has 3 aromatic rings. The minimum Gasteiger partial charge on any atom is -0.203 e. The smallest absolute Gasteiger partial charge is 0.166 e. The molecule has 0 N–H and O–H groups in total. The molecule has 0 radical (unpaired) electrons. The second kappa shape index (κ2) is 8.94. The lowest BCUT2D eigenvalue weighted by atomic mass is 9.97. The van der Waals surface area contributed by atoms with Crippen molar-refractivity contribution in [3.63, 3.8) is 0 Å². The first-order valence-corrected chi connectivity index (χ1v) is 9.76. The van der Waals surface area contributed by atoms with E-state index in [0.717, 1.165) is 24.8 Å². The molecule has 3 aromatic carbocycles. The first-order chi connectivity index (χ1) is 13.1. The SMILES string of the molecule is CCCc1ccc(-c2ccc(CCc3ccc(CC)cc3)c(F)c2F)cc1. The van der Waals surface area contributed by atoms with Crippen molar-refractivity contribution < 1.29 is 8.78 Å². The van der Waals surface area contributed by atoms with Crippen LogP contribution in [0.4, 0.5) is 8.78 Å². The molecule has 2 heteroatoms. The fourth-order valence-electron chi connectivity index (χ4n) is 3.37. The molecule has 0 saturated carbocycles. The molecule has 0 amide bonds. The topological polar surface area (TPSA) is 0 Å². The highest BCUT2D eigenvalue weighted by atomic mass is 19.2. The van der Waals surface area contributed by atoms with Gasteiger partial charge in [-0.15, -0.1) is 0 Å². The fourth-order valence-corrected chi connectivity index (χ4v) is 3.37. The molecular formula is C25H26F2. The van der Waals surface area contributed by atoms with Crippen LogP contribution >= 0.6 is 0 Å². The van der Waals surface area contributed by atoms with Crippen molar-refractivity contribution in [2.24, 2.45) is 0 Å². The second-order valence-corrected chi connectivity index (χ2v) is 7.02. The summed E-state index contributed by atoms with van der Waals surface area (Å²) in [4.78, 5) is 0. The van der Waals surface area contributed by atoms with Crippen molar-refractivity contribution in [2.75, 3.05) is 0 Å².